The second-order valence-electron chi connectivity index (χ2n) is 4.92. The Balaban J connectivity index is 2.02. The van der Waals surface area contributed by atoms with E-state index in [0.717, 1.165) is 32.6 Å². The van der Waals surface area contributed by atoms with Crippen LogP contribution in [0.25, 0.3) is 0 Å². The van der Waals surface area contributed by atoms with E-state index in [1.54, 1.807) is 0 Å². The van der Waals surface area contributed by atoms with Gasteiger partial charge in [0.1, 0.15) is 11.6 Å². The highest BCUT2D eigenvalue weighted by Gasteiger charge is 2.15. The van der Waals surface area contributed by atoms with Crippen LogP contribution in [0.2, 0.25) is 0 Å². The first-order valence-corrected chi connectivity index (χ1v) is 9.22. The molecule has 0 spiro atoms. The molecule has 0 atom stereocenters. The molecule has 19 heavy (non-hydrogen) atoms. The number of nitrogens with one attached hydrogen (secondary N) is 1. The second kappa shape index (κ2) is 7.67. The normalized spacial score (nSPS) is 16.6. The average molecular weight is 391 g/mol. The monoisotopic (exact) mass is 391 g/mol. The standard InChI is InChI=1S/C14H22IN3S/c1-3-11-13(15)14(16-2)18-12(17-11)9-19-10-7-5-4-6-8-10/h10H,3-9H2,1-2H3,(H,16,17,18). The van der Waals surface area contributed by atoms with Crippen molar-refractivity contribution in [3.63, 3.8) is 0 Å². The zero-order valence-electron chi connectivity index (χ0n) is 11.7. The summed E-state index contributed by atoms with van der Waals surface area (Å²) in [5.74, 6) is 2.91. The van der Waals surface area contributed by atoms with Crippen LogP contribution in [0.3, 0.4) is 0 Å². The molecular formula is C14H22IN3S. The highest BCUT2D eigenvalue weighted by molar-refractivity contribution is 14.1. The lowest BCUT2D eigenvalue weighted by molar-refractivity contribution is 0.516. The molecular weight excluding hydrogens is 369 g/mol. The van der Waals surface area contributed by atoms with Crippen molar-refractivity contribution in [1.29, 1.82) is 0 Å². The van der Waals surface area contributed by atoms with Crippen molar-refractivity contribution in [3.05, 3.63) is 15.1 Å². The third kappa shape index (κ3) is 4.21. The smallest absolute Gasteiger partial charge is 0.143 e. The molecule has 1 heterocycles. The minimum absolute atomic E-state index is 0.819. The Morgan fingerprint density at radius 1 is 1.26 bits per heavy atom. The van der Waals surface area contributed by atoms with Gasteiger partial charge in [-0.3, -0.25) is 0 Å². The number of hydrogen-bond donors (Lipinski definition) is 1. The largest absolute Gasteiger partial charge is 0.372 e. The predicted octanol–water partition coefficient (Wildman–Crippen LogP) is 4.25. The summed E-state index contributed by atoms with van der Waals surface area (Å²) in [5, 5.41) is 4.00. The van der Waals surface area contributed by atoms with Crippen LogP contribution in [0.1, 0.15) is 50.5 Å². The van der Waals surface area contributed by atoms with Crippen molar-refractivity contribution in [2.45, 2.75) is 56.5 Å². The van der Waals surface area contributed by atoms with E-state index >= 15 is 0 Å². The van der Waals surface area contributed by atoms with Gasteiger partial charge in [-0.25, -0.2) is 9.97 Å². The minimum atomic E-state index is 0.819. The zero-order valence-corrected chi connectivity index (χ0v) is 14.7. The summed E-state index contributed by atoms with van der Waals surface area (Å²) in [6.07, 6.45) is 7.92. The molecule has 1 fully saturated rings. The van der Waals surface area contributed by atoms with Gasteiger partial charge in [-0.05, 0) is 41.9 Å². The minimum Gasteiger partial charge on any atom is -0.372 e. The number of halogens is 1. The number of anilines is 1. The number of aromatic nitrogens is 2. The second-order valence-corrected chi connectivity index (χ2v) is 7.29. The topological polar surface area (TPSA) is 37.8 Å². The highest BCUT2D eigenvalue weighted by atomic mass is 127. The summed E-state index contributed by atoms with van der Waals surface area (Å²) in [5.41, 5.74) is 1.17. The quantitative estimate of drug-likeness (QED) is 0.762. The van der Waals surface area contributed by atoms with Crippen LogP contribution in [-0.2, 0) is 12.2 Å². The zero-order chi connectivity index (χ0) is 13.7. The first-order chi connectivity index (χ1) is 9.24. The molecule has 0 bridgehead atoms. The van der Waals surface area contributed by atoms with Gasteiger partial charge in [-0.2, -0.15) is 11.8 Å². The van der Waals surface area contributed by atoms with Crippen LogP contribution in [0.5, 0.6) is 0 Å². The first kappa shape index (κ1) is 15.4. The number of hydrogen-bond acceptors (Lipinski definition) is 4. The van der Waals surface area contributed by atoms with Crippen molar-refractivity contribution in [3.8, 4) is 0 Å². The fourth-order valence-electron chi connectivity index (χ4n) is 2.43. The molecule has 5 heteroatoms. The lowest BCUT2D eigenvalue weighted by atomic mass is 10.0. The van der Waals surface area contributed by atoms with E-state index in [1.165, 1.54) is 37.8 Å². The molecule has 1 aliphatic rings. The number of aryl methyl sites for hydroxylation is 1. The van der Waals surface area contributed by atoms with Gasteiger partial charge in [-0.1, -0.05) is 26.2 Å². The van der Waals surface area contributed by atoms with Gasteiger partial charge in [0.2, 0.25) is 0 Å². The van der Waals surface area contributed by atoms with E-state index in [4.69, 9.17) is 4.98 Å². The van der Waals surface area contributed by atoms with Crippen LogP contribution < -0.4 is 5.32 Å². The van der Waals surface area contributed by atoms with Crippen molar-refractivity contribution in [2.24, 2.45) is 0 Å². The molecule has 1 aromatic heterocycles. The highest BCUT2D eigenvalue weighted by Crippen LogP contribution is 2.30. The molecule has 0 saturated heterocycles. The average Bonchev–Trinajstić information content (AvgIpc) is 2.47. The number of thioether (sulfide) groups is 1. The third-order valence-electron chi connectivity index (χ3n) is 3.54. The molecule has 0 unspecified atom stereocenters. The fourth-order valence-corrected chi connectivity index (χ4v) is 4.51. The Morgan fingerprint density at radius 2 is 2.00 bits per heavy atom. The molecule has 1 N–H and O–H groups in total. The van der Waals surface area contributed by atoms with E-state index < -0.39 is 0 Å². The van der Waals surface area contributed by atoms with E-state index in [9.17, 15) is 0 Å². The maximum absolute atomic E-state index is 4.70. The van der Waals surface area contributed by atoms with Crippen LogP contribution >= 0.6 is 34.4 Å². The van der Waals surface area contributed by atoms with Crippen LogP contribution in [0.4, 0.5) is 5.82 Å². The third-order valence-corrected chi connectivity index (χ3v) is 6.04. The van der Waals surface area contributed by atoms with Gasteiger partial charge in [0.05, 0.1) is 15.0 Å². The first-order valence-electron chi connectivity index (χ1n) is 7.09. The maximum Gasteiger partial charge on any atom is 0.143 e. The molecule has 0 aromatic carbocycles. The predicted molar refractivity (Wildman–Crippen MR) is 91.8 cm³/mol. The summed E-state index contributed by atoms with van der Waals surface area (Å²) >= 11 is 4.37. The summed E-state index contributed by atoms with van der Waals surface area (Å²) < 4.78 is 1.16. The molecule has 0 amide bonds. The van der Waals surface area contributed by atoms with Crippen LogP contribution in [0.15, 0.2) is 0 Å². The van der Waals surface area contributed by atoms with Crippen molar-refractivity contribution >= 4 is 40.2 Å². The molecule has 2 rings (SSSR count). The molecule has 1 aromatic rings. The summed E-state index contributed by atoms with van der Waals surface area (Å²) in [6, 6.07) is 0. The van der Waals surface area contributed by atoms with Crippen molar-refractivity contribution in [1.82, 2.24) is 9.97 Å². The molecule has 1 saturated carbocycles. The Labute approximate surface area is 133 Å². The summed E-state index contributed by atoms with van der Waals surface area (Å²) in [7, 11) is 1.93. The lowest BCUT2D eigenvalue weighted by Crippen LogP contribution is -2.10. The van der Waals surface area contributed by atoms with Gasteiger partial charge in [0, 0.05) is 12.3 Å². The Hall–Kier alpha value is -0.0400. The maximum atomic E-state index is 4.70. The number of nitrogens with zero attached hydrogens (tertiary/aromatic N) is 2. The van der Waals surface area contributed by atoms with Gasteiger partial charge in [0.15, 0.2) is 0 Å². The molecule has 0 radical (unpaired) electrons. The summed E-state index contributed by atoms with van der Waals surface area (Å²) in [6.45, 7) is 2.15. The van der Waals surface area contributed by atoms with Crippen LogP contribution in [0, 0.1) is 3.57 Å². The van der Waals surface area contributed by atoms with Crippen LogP contribution in [-0.4, -0.2) is 22.3 Å². The fraction of sp³-hybridized carbons (Fsp3) is 0.714. The van der Waals surface area contributed by atoms with E-state index in [1.807, 2.05) is 18.8 Å². The lowest BCUT2D eigenvalue weighted by Gasteiger charge is -2.20. The van der Waals surface area contributed by atoms with E-state index in [-0.39, 0.29) is 0 Å². The van der Waals surface area contributed by atoms with Crippen molar-refractivity contribution in [2.75, 3.05) is 12.4 Å². The number of rotatable bonds is 5. The SMILES string of the molecule is CCc1nc(CSC2CCCCC2)nc(NC)c1I. The molecule has 0 aliphatic heterocycles. The van der Waals surface area contributed by atoms with E-state index in [2.05, 4.69) is 39.8 Å². The van der Waals surface area contributed by atoms with E-state index in [0.29, 0.717) is 0 Å². The Morgan fingerprint density at radius 3 is 2.63 bits per heavy atom. The Bertz CT molecular complexity index is 394. The molecule has 106 valence electrons. The van der Waals surface area contributed by atoms with Gasteiger partial charge < -0.3 is 5.32 Å². The Kier molecular flexibility index (Phi) is 6.19. The summed E-state index contributed by atoms with van der Waals surface area (Å²) in [4.78, 5) is 9.34. The molecule has 3 nitrogen and oxygen atoms in total. The molecule has 1 aliphatic carbocycles. The van der Waals surface area contributed by atoms with Gasteiger partial charge in [-0.15, -0.1) is 0 Å². The van der Waals surface area contributed by atoms with Crippen molar-refractivity contribution < 1.29 is 0 Å². The van der Waals surface area contributed by atoms with Gasteiger partial charge >= 0.3 is 0 Å². The van der Waals surface area contributed by atoms with Gasteiger partial charge in [0.25, 0.3) is 0 Å².